The largest absolute Gasteiger partial charge is 0.486 e. The first-order valence-corrected chi connectivity index (χ1v) is 9.39. The Balaban J connectivity index is 1.82. The summed E-state index contributed by atoms with van der Waals surface area (Å²) in [7, 11) is 1.53. The van der Waals surface area contributed by atoms with Gasteiger partial charge in [-0.2, -0.15) is 0 Å². The number of benzene rings is 1. The van der Waals surface area contributed by atoms with Crippen molar-refractivity contribution in [2.45, 2.75) is 12.5 Å². The summed E-state index contributed by atoms with van der Waals surface area (Å²) in [4.78, 5) is 24.6. The number of hydrogen-bond acceptors (Lipinski definition) is 6. The third kappa shape index (κ3) is 5.49. The van der Waals surface area contributed by atoms with Crippen LogP contribution in [-0.4, -0.2) is 49.7 Å². The van der Waals surface area contributed by atoms with Gasteiger partial charge in [0, 0.05) is 25.2 Å². The van der Waals surface area contributed by atoms with E-state index in [4.69, 9.17) is 21.1 Å². The van der Waals surface area contributed by atoms with Gasteiger partial charge in [0.15, 0.2) is 0 Å². The molecule has 1 aromatic heterocycles. The molecule has 1 saturated heterocycles. The van der Waals surface area contributed by atoms with Gasteiger partial charge in [-0.1, -0.05) is 17.7 Å². The van der Waals surface area contributed by atoms with Crippen LogP contribution in [0.5, 0.6) is 5.75 Å². The quantitative estimate of drug-likeness (QED) is 0.703. The molecule has 7 nitrogen and oxygen atoms in total. The average Bonchev–Trinajstić information content (AvgIpc) is 3.24. The van der Waals surface area contributed by atoms with E-state index >= 15 is 0 Å². The molecule has 2 heterocycles. The highest BCUT2D eigenvalue weighted by Gasteiger charge is 2.19. The lowest BCUT2D eigenvalue weighted by atomic mass is 10.1. The molecule has 1 atom stereocenters. The van der Waals surface area contributed by atoms with Crippen molar-refractivity contribution in [2.24, 2.45) is 9.98 Å². The van der Waals surface area contributed by atoms with Crippen molar-refractivity contribution in [1.82, 2.24) is 4.98 Å². The molecule has 8 heteroatoms. The summed E-state index contributed by atoms with van der Waals surface area (Å²) in [6.07, 6.45) is 5.51. The van der Waals surface area contributed by atoms with Gasteiger partial charge in [-0.3, -0.25) is 19.8 Å². The molecular weight excluding hydrogens is 392 g/mol. The summed E-state index contributed by atoms with van der Waals surface area (Å²) in [6, 6.07) is 8.75. The Bertz CT molecular complexity index is 938. The first kappa shape index (κ1) is 20.7. The van der Waals surface area contributed by atoms with Crippen molar-refractivity contribution < 1.29 is 14.3 Å². The number of aliphatic imine (C=N–C) groups is 2. The zero-order chi connectivity index (χ0) is 20.6. The molecule has 1 unspecified atom stereocenters. The number of halogens is 1. The molecule has 150 valence electrons. The SMILES string of the molecule is C=NC(=CC(=NC)C(=O)Nc1cccnc1)c1ccc(Cl)c(OC2CCOC2)c1. The van der Waals surface area contributed by atoms with E-state index in [1.807, 2.05) is 0 Å². The second-order valence-corrected chi connectivity index (χ2v) is 6.65. The fourth-order valence-electron chi connectivity index (χ4n) is 2.75. The highest BCUT2D eigenvalue weighted by atomic mass is 35.5. The van der Waals surface area contributed by atoms with Crippen molar-refractivity contribution in [3.05, 3.63) is 59.4 Å². The standard InChI is InChI=1S/C21H21ClN4O3/c1-23-18(11-19(24-2)21(27)26-15-4-3-8-25-12-15)14-5-6-17(22)20(10-14)29-16-7-9-28-13-16/h3-6,8,10-12,16H,1,7,9,13H2,2H3,(H,26,27). The molecular formula is C21H21ClN4O3. The summed E-state index contributed by atoms with van der Waals surface area (Å²) < 4.78 is 11.3. The van der Waals surface area contributed by atoms with Crippen LogP contribution < -0.4 is 10.1 Å². The molecule has 2 aromatic rings. The lowest BCUT2D eigenvalue weighted by Crippen LogP contribution is -2.21. The second kappa shape index (κ2) is 9.95. The molecule has 0 bridgehead atoms. The zero-order valence-electron chi connectivity index (χ0n) is 16.0. The van der Waals surface area contributed by atoms with Crippen molar-refractivity contribution >= 4 is 41.3 Å². The van der Waals surface area contributed by atoms with Crippen molar-refractivity contribution in [3.63, 3.8) is 0 Å². The van der Waals surface area contributed by atoms with Crippen LogP contribution in [0.3, 0.4) is 0 Å². The third-order valence-electron chi connectivity index (χ3n) is 4.25. The summed E-state index contributed by atoms with van der Waals surface area (Å²) >= 11 is 6.27. The molecule has 1 aliphatic rings. The second-order valence-electron chi connectivity index (χ2n) is 6.24. The lowest BCUT2D eigenvalue weighted by molar-refractivity contribution is -0.110. The Morgan fingerprint density at radius 2 is 2.31 bits per heavy atom. The van der Waals surface area contributed by atoms with Gasteiger partial charge in [-0.05, 0) is 37.1 Å². The topological polar surface area (TPSA) is 85.2 Å². The van der Waals surface area contributed by atoms with E-state index in [9.17, 15) is 4.79 Å². The first-order valence-electron chi connectivity index (χ1n) is 9.01. The summed E-state index contributed by atoms with van der Waals surface area (Å²) in [6.45, 7) is 4.82. The van der Waals surface area contributed by atoms with Crippen molar-refractivity contribution in [2.75, 3.05) is 25.6 Å². The summed E-state index contributed by atoms with van der Waals surface area (Å²) in [5, 5.41) is 3.23. The van der Waals surface area contributed by atoms with Gasteiger partial charge in [-0.25, -0.2) is 0 Å². The summed E-state index contributed by atoms with van der Waals surface area (Å²) in [5.74, 6) is 0.152. The number of nitrogens with zero attached hydrogens (tertiary/aromatic N) is 3. The minimum absolute atomic E-state index is 0.0371. The number of hydrogen-bond donors (Lipinski definition) is 1. The number of aromatic nitrogens is 1. The molecule has 0 spiro atoms. The molecule has 0 aliphatic carbocycles. The van der Waals surface area contributed by atoms with Crippen LogP contribution in [0.1, 0.15) is 12.0 Å². The van der Waals surface area contributed by atoms with E-state index < -0.39 is 0 Å². The minimum Gasteiger partial charge on any atom is -0.486 e. The van der Waals surface area contributed by atoms with Crippen LogP contribution in [0, 0.1) is 0 Å². The third-order valence-corrected chi connectivity index (χ3v) is 4.56. The van der Waals surface area contributed by atoms with Gasteiger partial charge in [0.25, 0.3) is 5.91 Å². The predicted octanol–water partition coefficient (Wildman–Crippen LogP) is 3.65. The van der Waals surface area contributed by atoms with Crippen LogP contribution in [0.2, 0.25) is 5.02 Å². The fourth-order valence-corrected chi connectivity index (χ4v) is 2.91. The average molecular weight is 413 g/mol. The number of pyridine rings is 1. The monoisotopic (exact) mass is 412 g/mol. The van der Waals surface area contributed by atoms with Crippen molar-refractivity contribution in [1.29, 1.82) is 0 Å². The maximum absolute atomic E-state index is 12.5. The highest BCUT2D eigenvalue weighted by molar-refractivity contribution is 6.48. The number of carbonyl (C=O) groups excluding carboxylic acids is 1. The van der Waals surface area contributed by atoms with Gasteiger partial charge < -0.3 is 14.8 Å². The van der Waals surface area contributed by atoms with E-state index in [2.05, 4.69) is 27.0 Å². The van der Waals surface area contributed by atoms with Crippen LogP contribution in [0.15, 0.2) is 58.8 Å². The highest BCUT2D eigenvalue weighted by Crippen LogP contribution is 2.31. The number of amides is 1. The molecule has 1 aromatic carbocycles. The zero-order valence-corrected chi connectivity index (χ0v) is 16.7. The molecule has 29 heavy (non-hydrogen) atoms. The van der Waals surface area contributed by atoms with Crippen LogP contribution in [0.25, 0.3) is 5.70 Å². The van der Waals surface area contributed by atoms with E-state index in [1.54, 1.807) is 48.8 Å². The Hall–Kier alpha value is -3.03. The summed E-state index contributed by atoms with van der Waals surface area (Å²) in [5.41, 5.74) is 1.93. The number of rotatable bonds is 7. The van der Waals surface area contributed by atoms with Crippen LogP contribution in [-0.2, 0) is 9.53 Å². The Morgan fingerprint density at radius 1 is 1.45 bits per heavy atom. The molecule has 1 fully saturated rings. The molecule has 1 aliphatic heterocycles. The van der Waals surface area contributed by atoms with Crippen LogP contribution >= 0.6 is 11.6 Å². The number of ether oxygens (including phenoxy) is 2. The normalized spacial score (nSPS) is 17.1. The van der Waals surface area contributed by atoms with E-state index in [1.165, 1.54) is 7.05 Å². The van der Waals surface area contributed by atoms with Crippen molar-refractivity contribution in [3.8, 4) is 5.75 Å². The molecule has 0 radical (unpaired) electrons. The Morgan fingerprint density at radius 3 is 2.97 bits per heavy atom. The number of carbonyl (C=O) groups is 1. The molecule has 1 amide bonds. The van der Waals surface area contributed by atoms with Gasteiger partial charge in [0.2, 0.25) is 0 Å². The maximum atomic E-state index is 12.5. The lowest BCUT2D eigenvalue weighted by Gasteiger charge is -2.14. The fraction of sp³-hybridized carbons (Fsp3) is 0.238. The molecule has 0 saturated carbocycles. The van der Waals surface area contributed by atoms with Gasteiger partial charge in [0.1, 0.15) is 17.6 Å². The number of anilines is 1. The number of nitrogens with one attached hydrogen (secondary N) is 1. The molecule has 1 N–H and O–H groups in total. The minimum atomic E-state index is -0.379. The van der Waals surface area contributed by atoms with Gasteiger partial charge >= 0.3 is 0 Å². The van der Waals surface area contributed by atoms with E-state index in [0.717, 1.165) is 6.42 Å². The molecule has 3 rings (SSSR count). The smallest absolute Gasteiger partial charge is 0.273 e. The maximum Gasteiger partial charge on any atom is 0.273 e. The van der Waals surface area contributed by atoms with Gasteiger partial charge in [-0.15, -0.1) is 0 Å². The van der Waals surface area contributed by atoms with E-state index in [0.29, 0.717) is 40.9 Å². The predicted molar refractivity (Wildman–Crippen MR) is 115 cm³/mol. The Labute approximate surface area is 174 Å². The van der Waals surface area contributed by atoms with Crippen LogP contribution in [0.4, 0.5) is 5.69 Å². The Kier molecular flexibility index (Phi) is 7.10. The van der Waals surface area contributed by atoms with E-state index in [-0.39, 0.29) is 17.7 Å². The van der Waals surface area contributed by atoms with Gasteiger partial charge in [0.05, 0.1) is 35.8 Å². The first-order chi connectivity index (χ1) is 14.1.